The molecule has 2 aromatic rings. The highest BCUT2D eigenvalue weighted by Gasteiger charge is 2.14. The summed E-state index contributed by atoms with van der Waals surface area (Å²) in [7, 11) is 0. The van der Waals surface area contributed by atoms with Crippen molar-refractivity contribution in [3.05, 3.63) is 53.3 Å². The highest BCUT2D eigenvalue weighted by Crippen LogP contribution is 2.25. The Labute approximate surface area is 148 Å². The summed E-state index contributed by atoms with van der Waals surface area (Å²) < 4.78 is 0. The number of nitrogens with one attached hydrogen (secondary N) is 2. The molecule has 0 unspecified atom stereocenters. The van der Waals surface area contributed by atoms with E-state index in [0.29, 0.717) is 17.0 Å². The van der Waals surface area contributed by atoms with Crippen molar-refractivity contribution in [2.45, 2.75) is 32.6 Å². The Kier molecular flexibility index (Phi) is 5.30. The van der Waals surface area contributed by atoms with Crippen LogP contribution in [0, 0.1) is 24.2 Å². The van der Waals surface area contributed by atoms with Crippen molar-refractivity contribution in [1.82, 2.24) is 4.98 Å². The zero-order valence-electron chi connectivity index (χ0n) is 14.4. The molecule has 1 aliphatic rings. The lowest BCUT2D eigenvalue weighted by atomic mass is 10.1. The molecule has 0 bridgehead atoms. The molecule has 1 heterocycles. The van der Waals surface area contributed by atoms with Crippen LogP contribution in [0.5, 0.6) is 0 Å². The van der Waals surface area contributed by atoms with Gasteiger partial charge in [0.2, 0.25) is 0 Å². The molecule has 25 heavy (non-hydrogen) atoms. The molecular weight excluding hydrogens is 312 g/mol. The number of carbonyl (C=O) groups is 1. The Morgan fingerprint density at radius 2 is 1.84 bits per heavy atom. The monoisotopic (exact) mass is 334 g/mol. The van der Waals surface area contributed by atoms with Crippen molar-refractivity contribution in [1.29, 1.82) is 5.26 Å². The van der Waals surface area contributed by atoms with E-state index in [1.54, 1.807) is 19.1 Å². The molecular formula is C20H22N4O. The lowest BCUT2D eigenvalue weighted by Gasteiger charge is -2.12. The summed E-state index contributed by atoms with van der Waals surface area (Å²) in [4.78, 5) is 16.5. The summed E-state index contributed by atoms with van der Waals surface area (Å²) >= 11 is 0. The highest BCUT2D eigenvalue weighted by molar-refractivity contribution is 6.03. The summed E-state index contributed by atoms with van der Waals surface area (Å²) in [5.74, 6) is 0.504. The fourth-order valence-corrected chi connectivity index (χ4v) is 3.15. The Morgan fingerprint density at radius 1 is 1.16 bits per heavy atom. The van der Waals surface area contributed by atoms with Crippen molar-refractivity contribution in [2.24, 2.45) is 5.92 Å². The average Bonchev–Trinajstić information content (AvgIpc) is 3.14. The Morgan fingerprint density at radius 3 is 2.48 bits per heavy atom. The van der Waals surface area contributed by atoms with Crippen LogP contribution in [0.4, 0.5) is 11.4 Å². The van der Waals surface area contributed by atoms with Gasteiger partial charge in [-0.25, -0.2) is 4.98 Å². The number of hydrogen-bond acceptors (Lipinski definition) is 4. The molecule has 0 saturated heterocycles. The molecule has 5 heteroatoms. The van der Waals surface area contributed by atoms with Gasteiger partial charge in [0.05, 0.1) is 11.3 Å². The van der Waals surface area contributed by atoms with Crippen LogP contribution >= 0.6 is 0 Å². The first-order valence-corrected chi connectivity index (χ1v) is 8.69. The van der Waals surface area contributed by atoms with Crippen LogP contribution in [0.2, 0.25) is 0 Å². The second-order valence-electron chi connectivity index (χ2n) is 6.50. The molecule has 5 nitrogen and oxygen atoms in total. The Hall–Kier alpha value is -2.87. The molecule has 1 aromatic heterocycles. The van der Waals surface area contributed by atoms with Crippen LogP contribution in [-0.4, -0.2) is 17.4 Å². The van der Waals surface area contributed by atoms with Crippen LogP contribution < -0.4 is 10.6 Å². The second kappa shape index (κ2) is 7.80. The van der Waals surface area contributed by atoms with E-state index in [1.165, 1.54) is 25.7 Å². The SMILES string of the molecule is Cc1nc(C(=O)Nc2ccc(NCC3CCCC3)cc2)ccc1C#N. The average molecular weight is 334 g/mol. The lowest BCUT2D eigenvalue weighted by Crippen LogP contribution is -2.14. The van der Waals surface area contributed by atoms with Gasteiger partial charge in [-0.2, -0.15) is 5.26 Å². The number of hydrogen-bond donors (Lipinski definition) is 2. The third kappa shape index (κ3) is 4.36. The number of anilines is 2. The summed E-state index contributed by atoms with van der Waals surface area (Å²) in [5, 5.41) is 15.2. The number of amides is 1. The van der Waals surface area contributed by atoms with E-state index in [2.05, 4.69) is 15.6 Å². The van der Waals surface area contributed by atoms with Gasteiger partial charge in [-0.1, -0.05) is 12.8 Å². The van der Waals surface area contributed by atoms with Crippen molar-refractivity contribution < 1.29 is 4.79 Å². The van der Waals surface area contributed by atoms with Crippen LogP contribution in [0.15, 0.2) is 36.4 Å². The van der Waals surface area contributed by atoms with Crippen molar-refractivity contribution in [3.8, 4) is 6.07 Å². The van der Waals surface area contributed by atoms with Crippen LogP contribution in [0.25, 0.3) is 0 Å². The summed E-state index contributed by atoms with van der Waals surface area (Å²) in [5.41, 5.74) is 3.13. The number of nitrogens with zero attached hydrogens (tertiary/aromatic N) is 2. The van der Waals surface area contributed by atoms with Crippen LogP contribution in [0.3, 0.4) is 0 Å². The number of nitriles is 1. The van der Waals surface area contributed by atoms with E-state index in [9.17, 15) is 4.79 Å². The first-order chi connectivity index (χ1) is 12.2. The van der Waals surface area contributed by atoms with E-state index < -0.39 is 0 Å². The van der Waals surface area contributed by atoms with Gasteiger partial charge in [0.15, 0.2) is 0 Å². The number of aryl methyl sites for hydroxylation is 1. The second-order valence-corrected chi connectivity index (χ2v) is 6.50. The molecule has 128 valence electrons. The Bertz CT molecular complexity index is 786. The number of carbonyl (C=O) groups excluding carboxylic acids is 1. The smallest absolute Gasteiger partial charge is 0.274 e. The fourth-order valence-electron chi connectivity index (χ4n) is 3.15. The van der Waals surface area contributed by atoms with Crippen molar-refractivity contribution in [2.75, 3.05) is 17.2 Å². The zero-order chi connectivity index (χ0) is 17.6. The van der Waals surface area contributed by atoms with Crippen molar-refractivity contribution in [3.63, 3.8) is 0 Å². The van der Waals surface area contributed by atoms with E-state index in [-0.39, 0.29) is 5.91 Å². The van der Waals surface area contributed by atoms with Crippen molar-refractivity contribution >= 4 is 17.3 Å². The summed E-state index contributed by atoms with van der Waals surface area (Å²) in [6.07, 6.45) is 5.33. The number of aromatic nitrogens is 1. The molecule has 0 aliphatic heterocycles. The Balaban J connectivity index is 1.58. The molecule has 1 amide bonds. The molecule has 0 spiro atoms. The quantitative estimate of drug-likeness (QED) is 0.862. The molecule has 2 N–H and O–H groups in total. The summed E-state index contributed by atoms with van der Waals surface area (Å²) in [6.45, 7) is 2.74. The van der Waals surface area contributed by atoms with Crippen LogP contribution in [-0.2, 0) is 0 Å². The standard InChI is InChI=1S/C20H22N4O/c1-14-16(12-21)6-11-19(23-14)20(25)24-18-9-7-17(8-10-18)22-13-15-4-2-3-5-15/h6-11,15,22H,2-5,13H2,1H3,(H,24,25). The molecule has 1 fully saturated rings. The van der Waals surface area contributed by atoms with Gasteiger partial charge in [0.25, 0.3) is 5.91 Å². The summed E-state index contributed by atoms with van der Waals surface area (Å²) in [6, 6.07) is 12.9. The zero-order valence-corrected chi connectivity index (χ0v) is 14.4. The fraction of sp³-hybridized carbons (Fsp3) is 0.350. The lowest BCUT2D eigenvalue weighted by molar-refractivity contribution is 0.102. The molecule has 1 aromatic carbocycles. The maximum Gasteiger partial charge on any atom is 0.274 e. The molecule has 1 saturated carbocycles. The molecule has 0 atom stereocenters. The predicted octanol–water partition coefficient (Wildman–Crippen LogP) is 4.12. The molecule has 1 aliphatic carbocycles. The minimum absolute atomic E-state index is 0.278. The first-order valence-electron chi connectivity index (χ1n) is 8.69. The van der Waals surface area contributed by atoms with Gasteiger partial charge in [-0.05, 0) is 62.1 Å². The largest absolute Gasteiger partial charge is 0.385 e. The third-order valence-corrected chi connectivity index (χ3v) is 4.65. The number of benzene rings is 1. The van der Waals surface area contributed by atoms with Gasteiger partial charge in [-0.15, -0.1) is 0 Å². The first kappa shape index (κ1) is 17.0. The van der Waals surface area contributed by atoms with E-state index >= 15 is 0 Å². The third-order valence-electron chi connectivity index (χ3n) is 4.65. The number of rotatable bonds is 5. The van der Waals surface area contributed by atoms with Gasteiger partial charge in [0, 0.05) is 17.9 Å². The van der Waals surface area contributed by atoms with E-state index in [1.807, 2.05) is 30.3 Å². The minimum Gasteiger partial charge on any atom is -0.385 e. The normalized spacial score (nSPS) is 14.1. The highest BCUT2D eigenvalue weighted by atomic mass is 16.1. The maximum absolute atomic E-state index is 12.3. The van der Waals surface area contributed by atoms with Gasteiger partial charge >= 0.3 is 0 Å². The van der Waals surface area contributed by atoms with Gasteiger partial charge in [-0.3, -0.25) is 4.79 Å². The van der Waals surface area contributed by atoms with Gasteiger partial charge < -0.3 is 10.6 Å². The predicted molar refractivity (Wildman–Crippen MR) is 98.5 cm³/mol. The molecule has 0 radical (unpaired) electrons. The van der Waals surface area contributed by atoms with Gasteiger partial charge in [0.1, 0.15) is 11.8 Å². The van der Waals surface area contributed by atoms with E-state index in [0.717, 1.165) is 23.8 Å². The minimum atomic E-state index is -0.278. The maximum atomic E-state index is 12.3. The van der Waals surface area contributed by atoms with E-state index in [4.69, 9.17) is 5.26 Å². The number of pyridine rings is 1. The topological polar surface area (TPSA) is 77.8 Å². The van der Waals surface area contributed by atoms with Crippen LogP contribution in [0.1, 0.15) is 47.4 Å². The molecule has 3 rings (SSSR count).